The number of nitrogens with zero attached hydrogens (tertiary/aromatic N) is 1. The van der Waals surface area contributed by atoms with Crippen molar-refractivity contribution in [3.63, 3.8) is 0 Å². The third-order valence-electron chi connectivity index (χ3n) is 5.17. The molecule has 176 valence electrons. The van der Waals surface area contributed by atoms with Gasteiger partial charge in [0.15, 0.2) is 0 Å². The molecule has 33 heavy (non-hydrogen) atoms. The quantitative estimate of drug-likeness (QED) is 0.230. The van der Waals surface area contributed by atoms with E-state index in [1.807, 2.05) is 6.07 Å². The minimum Gasteiger partial charge on any atom is -0.494 e. The number of esters is 2. The molecule has 0 aromatic heterocycles. The van der Waals surface area contributed by atoms with Crippen molar-refractivity contribution in [3.05, 3.63) is 59.7 Å². The third kappa shape index (κ3) is 8.97. The molecule has 6 nitrogen and oxygen atoms in total. The van der Waals surface area contributed by atoms with Gasteiger partial charge in [-0.2, -0.15) is 5.26 Å². The first kappa shape index (κ1) is 25.9. The molecule has 0 heterocycles. The second-order valence-corrected chi connectivity index (χ2v) is 8.75. The number of benzene rings is 2. The Kier molecular flexibility index (Phi) is 10.4. The predicted octanol–water partition coefficient (Wildman–Crippen LogP) is 5.80. The van der Waals surface area contributed by atoms with Gasteiger partial charge in [0.2, 0.25) is 0 Å². The Morgan fingerprint density at radius 2 is 1.48 bits per heavy atom. The van der Waals surface area contributed by atoms with E-state index >= 15 is 0 Å². The second-order valence-electron chi connectivity index (χ2n) is 8.75. The van der Waals surface area contributed by atoms with Gasteiger partial charge >= 0.3 is 11.9 Å². The highest BCUT2D eigenvalue weighted by Crippen LogP contribution is 2.22. The molecular formula is C27H33NO5. The van der Waals surface area contributed by atoms with Crippen LogP contribution in [0, 0.1) is 29.1 Å². The highest BCUT2D eigenvalue weighted by Gasteiger charge is 2.24. The molecule has 2 aromatic carbocycles. The number of hydrogen-bond acceptors (Lipinski definition) is 6. The summed E-state index contributed by atoms with van der Waals surface area (Å²) in [6.45, 7) is 9.23. The summed E-state index contributed by atoms with van der Waals surface area (Å²) in [6.07, 6.45) is 2.33. The predicted molar refractivity (Wildman–Crippen MR) is 126 cm³/mol. The Hall–Kier alpha value is -3.33. The first-order valence-corrected chi connectivity index (χ1v) is 11.4. The lowest BCUT2D eigenvalue weighted by Gasteiger charge is -2.21. The maximum absolute atomic E-state index is 12.3. The number of hydrogen-bond donors (Lipinski definition) is 0. The van der Waals surface area contributed by atoms with Gasteiger partial charge in [-0.3, -0.25) is 4.79 Å². The summed E-state index contributed by atoms with van der Waals surface area (Å²) in [6, 6.07) is 15.1. The number of carbonyl (C=O) groups excluding carboxylic acids is 2. The zero-order valence-electron chi connectivity index (χ0n) is 19.9. The molecule has 2 aromatic rings. The standard InChI is InChI=1S/C27H33NO5/c1-19(2)17-25(20(3)4)27(30)32-16-6-5-15-31-23-13-9-22(10-14-23)26(29)33-24-11-7-21(18-28)8-12-24/h7-14,19-20,25H,5-6,15-17H2,1-4H3. The normalized spacial score (nSPS) is 11.7. The summed E-state index contributed by atoms with van der Waals surface area (Å²) in [4.78, 5) is 24.5. The Balaban J connectivity index is 1.69. The third-order valence-corrected chi connectivity index (χ3v) is 5.17. The van der Waals surface area contributed by atoms with Gasteiger partial charge in [0.1, 0.15) is 11.5 Å². The minimum atomic E-state index is -0.481. The van der Waals surface area contributed by atoms with Crippen LogP contribution in [0.1, 0.15) is 62.9 Å². The van der Waals surface area contributed by atoms with E-state index in [1.165, 1.54) is 0 Å². The summed E-state index contributed by atoms with van der Waals surface area (Å²) >= 11 is 0. The van der Waals surface area contributed by atoms with E-state index in [4.69, 9.17) is 19.5 Å². The molecule has 0 aliphatic rings. The molecule has 0 N–H and O–H groups in total. The number of ether oxygens (including phenoxy) is 3. The first-order chi connectivity index (χ1) is 15.8. The van der Waals surface area contributed by atoms with Crippen LogP contribution < -0.4 is 9.47 Å². The van der Waals surface area contributed by atoms with Crippen molar-refractivity contribution in [2.45, 2.75) is 47.0 Å². The largest absolute Gasteiger partial charge is 0.494 e. The van der Waals surface area contributed by atoms with Crippen molar-refractivity contribution in [3.8, 4) is 17.6 Å². The van der Waals surface area contributed by atoms with Crippen LogP contribution in [0.15, 0.2) is 48.5 Å². The van der Waals surface area contributed by atoms with Crippen molar-refractivity contribution < 1.29 is 23.8 Å². The number of nitriles is 1. The number of unbranched alkanes of at least 4 members (excludes halogenated alkanes) is 1. The van der Waals surface area contributed by atoms with Crippen molar-refractivity contribution in [1.82, 2.24) is 0 Å². The van der Waals surface area contributed by atoms with Crippen molar-refractivity contribution in [2.75, 3.05) is 13.2 Å². The number of rotatable bonds is 12. The lowest BCUT2D eigenvalue weighted by atomic mass is 9.88. The van der Waals surface area contributed by atoms with E-state index in [0.29, 0.717) is 41.8 Å². The Morgan fingerprint density at radius 1 is 0.879 bits per heavy atom. The molecule has 2 rings (SSSR count). The molecule has 0 saturated carbocycles. The molecule has 6 heteroatoms. The maximum atomic E-state index is 12.3. The summed E-state index contributed by atoms with van der Waals surface area (Å²) in [5.41, 5.74) is 0.903. The van der Waals surface area contributed by atoms with Crippen LogP contribution in [0.2, 0.25) is 0 Å². The van der Waals surface area contributed by atoms with Gasteiger partial charge in [-0.25, -0.2) is 4.79 Å². The molecule has 0 bridgehead atoms. The van der Waals surface area contributed by atoms with Gasteiger partial charge in [-0.15, -0.1) is 0 Å². The molecule has 0 radical (unpaired) electrons. The van der Waals surface area contributed by atoms with E-state index in [1.54, 1.807) is 48.5 Å². The molecule has 1 unspecified atom stereocenters. The fourth-order valence-corrected chi connectivity index (χ4v) is 3.27. The molecule has 0 fully saturated rings. The summed E-state index contributed by atoms with van der Waals surface area (Å²) < 4.78 is 16.5. The zero-order valence-corrected chi connectivity index (χ0v) is 19.9. The van der Waals surface area contributed by atoms with Crippen LogP contribution in [-0.2, 0) is 9.53 Å². The van der Waals surface area contributed by atoms with Gasteiger partial charge in [0, 0.05) is 0 Å². The van der Waals surface area contributed by atoms with Crippen LogP contribution in [0.3, 0.4) is 0 Å². The lowest BCUT2D eigenvalue weighted by Crippen LogP contribution is -2.24. The SMILES string of the molecule is CC(C)CC(C(=O)OCCCCOc1ccc(C(=O)Oc2ccc(C#N)cc2)cc1)C(C)C. The highest BCUT2D eigenvalue weighted by molar-refractivity contribution is 5.91. The van der Waals surface area contributed by atoms with E-state index < -0.39 is 5.97 Å². The topological polar surface area (TPSA) is 85.6 Å². The molecular weight excluding hydrogens is 418 g/mol. The number of carbonyl (C=O) groups is 2. The van der Waals surface area contributed by atoms with E-state index in [-0.39, 0.29) is 17.8 Å². The van der Waals surface area contributed by atoms with Crippen LogP contribution in [0.4, 0.5) is 0 Å². The highest BCUT2D eigenvalue weighted by atomic mass is 16.5. The average molecular weight is 452 g/mol. The smallest absolute Gasteiger partial charge is 0.343 e. The summed E-state index contributed by atoms with van der Waals surface area (Å²) in [5, 5.41) is 8.81. The minimum absolute atomic E-state index is 0.0524. The Morgan fingerprint density at radius 3 is 2.06 bits per heavy atom. The van der Waals surface area contributed by atoms with Gasteiger partial charge in [0.05, 0.1) is 36.3 Å². The van der Waals surface area contributed by atoms with Crippen molar-refractivity contribution in [1.29, 1.82) is 5.26 Å². The van der Waals surface area contributed by atoms with Crippen LogP contribution in [-0.4, -0.2) is 25.2 Å². The zero-order chi connectivity index (χ0) is 24.2. The van der Waals surface area contributed by atoms with Crippen LogP contribution in [0.5, 0.6) is 11.5 Å². The molecule has 0 saturated heterocycles. The van der Waals surface area contributed by atoms with Crippen LogP contribution in [0.25, 0.3) is 0 Å². The van der Waals surface area contributed by atoms with E-state index in [9.17, 15) is 9.59 Å². The fourth-order valence-electron chi connectivity index (χ4n) is 3.27. The molecule has 0 aliphatic carbocycles. The van der Waals surface area contributed by atoms with E-state index in [0.717, 1.165) is 19.3 Å². The molecule has 0 amide bonds. The maximum Gasteiger partial charge on any atom is 0.343 e. The fraction of sp³-hybridized carbons (Fsp3) is 0.444. The molecule has 0 spiro atoms. The van der Waals surface area contributed by atoms with Crippen molar-refractivity contribution in [2.24, 2.45) is 17.8 Å². The summed E-state index contributed by atoms with van der Waals surface area (Å²) in [7, 11) is 0. The summed E-state index contributed by atoms with van der Waals surface area (Å²) in [5.74, 6) is 1.12. The second kappa shape index (κ2) is 13.3. The van der Waals surface area contributed by atoms with E-state index in [2.05, 4.69) is 27.7 Å². The lowest BCUT2D eigenvalue weighted by molar-refractivity contribution is -0.151. The Bertz CT molecular complexity index is 926. The van der Waals surface area contributed by atoms with Gasteiger partial charge < -0.3 is 14.2 Å². The Labute approximate surface area is 196 Å². The monoisotopic (exact) mass is 451 g/mol. The van der Waals surface area contributed by atoms with Gasteiger partial charge in [0.25, 0.3) is 0 Å². The van der Waals surface area contributed by atoms with Crippen LogP contribution >= 0.6 is 0 Å². The molecule has 0 aliphatic heterocycles. The first-order valence-electron chi connectivity index (χ1n) is 11.4. The van der Waals surface area contributed by atoms with Crippen molar-refractivity contribution >= 4 is 11.9 Å². The average Bonchev–Trinajstić information content (AvgIpc) is 2.80. The van der Waals surface area contributed by atoms with Gasteiger partial charge in [-0.1, -0.05) is 27.7 Å². The molecule has 1 atom stereocenters. The van der Waals surface area contributed by atoms with Gasteiger partial charge in [-0.05, 0) is 79.6 Å².